The maximum Gasteiger partial charge on any atom is 0.271 e. The van der Waals surface area contributed by atoms with Crippen molar-refractivity contribution in [1.29, 1.82) is 0 Å². The number of methoxy groups -OCH3 is 1. The Morgan fingerprint density at radius 1 is 1.11 bits per heavy atom. The fraction of sp³-hybridized carbons (Fsp3) is 0.0645. The van der Waals surface area contributed by atoms with Gasteiger partial charge in [0, 0.05) is 39.3 Å². The third-order valence-electron chi connectivity index (χ3n) is 6.18. The monoisotopic (exact) mass is 691 g/mol. The lowest BCUT2D eigenvalue weighted by Crippen LogP contribution is -2.17. The normalized spacial score (nSPS) is 10.9. The molecular formula is C31H23BrClN5O5S. The second-order valence-corrected chi connectivity index (χ2v) is 11.3. The predicted octanol–water partition coefficient (Wildman–Crippen LogP) is 8.23. The van der Waals surface area contributed by atoms with Crippen LogP contribution in [0.25, 0.3) is 11.3 Å². The quantitative estimate of drug-likeness (QED) is 0.0811. The molecule has 13 heteroatoms. The van der Waals surface area contributed by atoms with Crippen LogP contribution in [-0.4, -0.2) is 29.1 Å². The van der Waals surface area contributed by atoms with E-state index in [9.17, 15) is 14.9 Å². The summed E-state index contributed by atoms with van der Waals surface area (Å²) in [5, 5.41) is 21.7. The van der Waals surface area contributed by atoms with Crippen LogP contribution < -0.4 is 20.2 Å². The minimum atomic E-state index is -0.456. The number of anilines is 2. The van der Waals surface area contributed by atoms with Crippen LogP contribution >= 0.6 is 38.9 Å². The van der Waals surface area contributed by atoms with Crippen LogP contribution in [0, 0.1) is 10.1 Å². The molecule has 0 saturated heterocycles. The molecule has 0 aliphatic carbocycles. The van der Waals surface area contributed by atoms with Gasteiger partial charge in [-0.05, 0) is 75.6 Å². The molecule has 0 unspecified atom stereocenters. The number of halogens is 2. The number of nitro benzene ring substituents is 1. The summed E-state index contributed by atoms with van der Waals surface area (Å²) >= 11 is 10.9. The van der Waals surface area contributed by atoms with Crippen molar-refractivity contribution in [3.63, 3.8) is 0 Å². The lowest BCUT2D eigenvalue weighted by atomic mass is 10.1. The Labute approximate surface area is 269 Å². The molecule has 1 amide bonds. The minimum Gasteiger partial charge on any atom is -0.493 e. The molecule has 0 aliphatic rings. The van der Waals surface area contributed by atoms with Crippen molar-refractivity contribution < 1.29 is 19.2 Å². The van der Waals surface area contributed by atoms with Gasteiger partial charge >= 0.3 is 0 Å². The van der Waals surface area contributed by atoms with E-state index in [1.165, 1.54) is 36.8 Å². The standard InChI is InChI=1S/C31H23BrClN5O5S/c1-42-28-15-20(14-26(32)29(28)43-17-19-3-2-4-25(13-19)38(40)41)16-34-37-30(39)22-7-5-21(6-8-22)27-18-44-31(36-27)35-24-11-9-23(33)10-12-24/h2-16,18H,17H2,1H3,(H,35,36)(H,37,39)/b34-16-. The molecule has 0 radical (unpaired) electrons. The van der Waals surface area contributed by atoms with Crippen molar-refractivity contribution in [1.82, 2.24) is 10.4 Å². The number of thiazole rings is 1. The Hall–Kier alpha value is -4.78. The summed E-state index contributed by atoms with van der Waals surface area (Å²) < 4.78 is 11.9. The highest BCUT2D eigenvalue weighted by Gasteiger charge is 2.13. The molecule has 1 aromatic heterocycles. The van der Waals surface area contributed by atoms with Crippen LogP contribution in [0.3, 0.4) is 0 Å². The third-order valence-corrected chi connectivity index (χ3v) is 7.78. The summed E-state index contributed by atoms with van der Waals surface area (Å²) in [6.07, 6.45) is 1.48. The molecule has 0 bridgehead atoms. The Morgan fingerprint density at radius 2 is 1.89 bits per heavy atom. The zero-order chi connectivity index (χ0) is 31.1. The topological polar surface area (TPSA) is 128 Å². The second kappa shape index (κ2) is 14.1. The number of non-ortho nitro benzene ring substituents is 1. The number of ether oxygens (including phenoxy) is 2. The van der Waals surface area contributed by atoms with Gasteiger partial charge in [0.15, 0.2) is 16.6 Å². The number of rotatable bonds is 11. The van der Waals surface area contributed by atoms with Gasteiger partial charge in [-0.15, -0.1) is 11.3 Å². The first kappa shape index (κ1) is 30.7. The highest BCUT2D eigenvalue weighted by atomic mass is 79.9. The van der Waals surface area contributed by atoms with Crippen LogP contribution in [-0.2, 0) is 6.61 Å². The molecule has 5 aromatic rings. The fourth-order valence-electron chi connectivity index (χ4n) is 4.01. The van der Waals surface area contributed by atoms with E-state index in [-0.39, 0.29) is 18.2 Å². The first-order valence-electron chi connectivity index (χ1n) is 12.9. The molecule has 0 aliphatic heterocycles. The van der Waals surface area contributed by atoms with Crippen molar-refractivity contribution in [2.75, 3.05) is 12.4 Å². The van der Waals surface area contributed by atoms with Crippen LogP contribution in [0.1, 0.15) is 21.5 Å². The van der Waals surface area contributed by atoms with E-state index in [0.29, 0.717) is 37.7 Å². The largest absolute Gasteiger partial charge is 0.493 e. The molecular weight excluding hydrogens is 670 g/mol. The third kappa shape index (κ3) is 7.78. The van der Waals surface area contributed by atoms with Crippen molar-refractivity contribution in [3.05, 3.63) is 127 Å². The first-order valence-corrected chi connectivity index (χ1v) is 15.0. The van der Waals surface area contributed by atoms with Crippen molar-refractivity contribution in [3.8, 4) is 22.8 Å². The summed E-state index contributed by atoms with van der Waals surface area (Å²) in [7, 11) is 1.50. The molecule has 4 aromatic carbocycles. The number of nitrogens with one attached hydrogen (secondary N) is 2. The summed E-state index contributed by atoms with van der Waals surface area (Å²) in [5.74, 6) is 0.467. The number of amides is 1. The van der Waals surface area contributed by atoms with Crippen LogP contribution in [0.15, 0.2) is 99.9 Å². The maximum absolute atomic E-state index is 12.7. The van der Waals surface area contributed by atoms with Crippen LogP contribution in [0.5, 0.6) is 11.5 Å². The number of nitrogens with zero attached hydrogens (tertiary/aromatic N) is 3. The molecule has 0 atom stereocenters. The number of carbonyl (C=O) groups is 1. The average molecular weight is 693 g/mol. The number of aromatic nitrogens is 1. The van der Waals surface area contributed by atoms with E-state index >= 15 is 0 Å². The van der Waals surface area contributed by atoms with E-state index in [2.05, 4.69) is 36.8 Å². The van der Waals surface area contributed by atoms with Gasteiger partial charge < -0.3 is 14.8 Å². The van der Waals surface area contributed by atoms with E-state index in [4.69, 9.17) is 21.1 Å². The van der Waals surface area contributed by atoms with Crippen molar-refractivity contribution >= 4 is 67.5 Å². The molecule has 44 heavy (non-hydrogen) atoms. The zero-order valence-corrected chi connectivity index (χ0v) is 26.2. The molecule has 10 nitrogen and oxygen atoms in total. The number of hydrazone groups is 1. The number of hydrogen-bond acceptors (Lipinski definition) is 9. The highest BCUT2D eigenvalue weighted by Crippen LogP contribution is 2.37. The molecule has 0 saturated carbocycles. The summed E-state index contributed by atoms with van der Waals surface area (Å²) in [6.45, 7) is 0.100. The lowest BCUT2D eigenvalue weighted by Gasteiger charge is -2.13. The van der Waals surface area contributed by atoms with Crippen molar-refractivity contribution in [2.45, 2.75) is 6.61 Å². The summed E-state index contributed by atoms with van der Waals surface area (Å²) in [6, 6.07) is 24.1. The van der Waals surface area contributed by atoms with Gasteiger partial charge in [0.05, 0.1) is 28.4 Å². The number of benzene rings is 4. The fourth-order valence-corrected chi connectivity index (χ4v) is 5.45. The molecule has 0 fully saturated rings. The van der Waals surface area contributed by atoms with Crippen molar-refractivity contribution in [2.24, 2.45) is 5.10 Å². The molecule has 2 N–H and O–H groups in total. The molecule has 5 rings (SSSR count). The minimum absolute atomic E-state index is 0.0153. The van der Waals surface area contributed by atoms with E-state index in [1.54, 1.807) is 48.5 Å². The Bertz CT molecular complexity index is 1830. The summed E-state index contributed by atoms with van der Waals surface area (Å²) in [5.41, 5.74) is 6.76. The van der Waals surface area contributed by atoms with E-state index in [0.717, 1.165) is 22.1 Å². The van der Waals surface area contributed by atoms with Gasteiger partial charge in [-0.1, -0.05) is 35.9 Å². The number of hydrogen-bond donors (Lipinski definition) is 2. The first-order chi connectivity index (χ1) is 21.3. The lowest BCUT2D eigenvalue weighted by molar-refractivity contribution is -0.384. The Morgan fingerprint density at radius 3 is 2.61 bits per heavy atom. The zero-order valence-electron chi connectivity index (χ0n) is 23.0. The van der Waals surface area contributed by atoms with E-state index < -0.39 is 4.92 Å². The maximum atomic E-state index is 12.7. The SMILES string of the molecule is COc1cc(/C=N\NC(=O)c2ccc(-c3csc(Nc4ccc(Cl)cc4)n3)cc2)cc(Br)c1OCc1cccc([N+](=O)[O-])c1. The van der Waals surface area contributed by atoms with Gasteiger partial charge in [-0.2, -0.15) is 5.10 Å². The van der Waals surface area contributed by atoms with Gasteiger partial charge in [-0.3, -0.25) is 14.9 Å². The van der Waals surface area contributed by atoms with E-state index in [1.807, 2.05) is 29.6 Å². The number of carbonyl (C=O) groups excluding carboxylic acids is 1. The van der Waals surface area contributed by atoms with Gasteiger partial charge in [0.25, 0.3) is 11.6 Å². The average Bonchev–Trinajstić information content (AvgIpc) is 3.50. The van der Waals surface area contributed by atoms with Crippen LogP contribution in [0.2, 0.25) is 5.02 Å². The number of nitro groups is 1. The van der Waals surface area contributed by atoms with Crippen LogP contribution in [0.4, 0.5) is 16.5 Å². The highest BCUT2D eigenvalue weighted by molar-refractivity contribution is 9.10. The molecule has 1 heterocycles. The Balaban J connectivity index is 1.18. The second-order valence-electron chi connectivity index (χ2n) is 9.20. The summed E-state index contributed by atoms with van der Waals surface area (Å²) in [4.78, 5) is 27.9. The van der Waals surface area contributed by atoms with Gasteiger partial charge in [-0.25, -0.2) is 10.4 Å². The predicted molar refractivity (Wildman–Crippen MR) is 175 cm³/mol. The molecule has 0 spiro atoms. The van der Waals surface area contributed by atoms with Gasteiger partial charge in [0.1, 0.15) is 6.61 Å². The van der Waals surface area contributed by atoms with Gasteiger partial charge in [0.2, 0.25) is 0 Å². The molecule has 222 valence electrons. The smallest absolute Gasteiger partial charge is 0.271 e. The Kier molecular flexibility index (Phi) is 9.85.